The van der Waals surface area contributed by atoms with Crippen LogP contribution in [0.1, 0.15) is 43.5 Å². The molecule has 0 amide bonds. The lowest BCUT2D eigenvalue weighted by atomic mass is 9.80. The fourth-order valence-electron chi connectivity index (χ4n) is 2.48. The van der Waals surface area contributed by atoms with E-state index in [1.54, 1.807) is 18.2 Å². The summed E-state index contributed by atoms with van der Waals surface area (Å²) in [4.78, 5) is 15.7. The van der Waals surface area contributed by atoms with Crippen molar-refractivity contribution in [1.29, 1.82) is 0 Å². The molecule has 0 bridgehead atoms. The van der Waals surface area contributed by atoms with Crippen LogP contribution in [0.25, 0.3) is 0 Å². The highest BCUT2D eigenvalue weighted by Crippen LogP contribution is 2.30. The molecule has 3 nitrogen and oxygen atoms in total. The van der Waals surface area contributed by atoms with Crippen molar-refractivity contribution in [3.63, 3.8) is 0 Å². The van der Waals surface area contributed by atoms with Gasteiger partial charge in [-0.05, 0) is 43.2 Å². The molecule has 0 heterocycles. The van der Waals surface area contributed by atoms with Gasteiger partial charge in [-0.3, -0.25) is 4.99 Å². The molecular formula is C15H19NO2. The highest BCUT2D eigenvalue weighted by Gasteiger charge is 2.23. The van der Waals surface area contributed by atoms with Gasteiger partial charge >= 0.3 is 5.97 Å². The Labute approximate surface area is 108 Å². The minimum atomic E-state index is -0.911. The lowest BCUT2D eigenvalue weighted by molar-refractivity contribution is 0.0698. The van der Waals surface area contributed by atoms with Crippen molar-refractivity contribution in [2.75, 3.05) is 0 Å². The Morgan fingerprint density at radius 2 is 2.06 bits per heavy atom. The number of nitrogens with zero attached hydrogens (tertiary/aromatic N) is 1. The molecule has 2 atom stereocenters. The molecule has 0 aromatic heterocycles. The van der Waals surface area contributed by atoms with Crippen LogP contribution in [-0.2, 0) is 0 Å². The topological polar surface area (TPSA) is 49.7 Å². The smallest absolute Gasteiger partial charge is 0.337 e. The molecule has 18 heavy (non-hydrogen) atoms. The first-order valence-corrected chi connectivity index (χ1v) is 6.49. The van der Waals surface area contributed by atoms with Gasteiger partial charge in [0.05, 0.1) is 11.3 Å². The number of hydrogen-bond acceptors (Lipinski definition) is 2. The number of carbonyl (C=O) groups is 1. The minimum Gasteiger partial charge on any atom is -0.478 e. The minimum absolute atomic E-state index is 0.287. The third kappa shape index (κ3) is 2.61. The largest absolute Gasteiger partial charge is 0.478 e. The summed E-state index contributed by atoms with van der Waals surface area (Å²) < 4.78 is 0. The Hall–Kier alpha value is -1.64. The van der Waals surface area contributed by atoms with Crippen molar-refractivity contribution in [2.24, 2.45) is 16.8 Å². The average molecular weight is 245 g/mol. The molecule has 1 saturated carbocycles. The molecule has 96 valence electrons. The molecular weight excluding hydrogens is 226 g/mol. The van der Waals surface area contributed by atoms with E-state index < -0.39 is 5.97 Å². The number of aliphatic imine (C=N–C) groups is 1. The first-order valence-electron chi connectivity index (χ1n) is 6.49. The van der Waals surface area contributed by atoms with Crippen LogP contribution in [0.4, 0.5) is 5.69 Å². The number of benzene rings is 1. The monoisotopic (exact) mass is 245 g/mol. The molecule has 1 N–H and O–H groups in total. The van der Waals surface area contributed by atoms with E-state index in [2.05, 4.69) is 18.8 Å². The highest BCUT2D eigenvalue weighted by atomic mass is 16.4. The van der Waals surface area contributed by atoms with E-state index in [4.69, 9.17) is 5.11 Å². The summed E-state index contributed by atoms with van der Waals surface area (Å²) >= 11 is 0. The number of hydrogen-bond donors (Lipinski definition) is 1. The SMILES string of the molecule is CC1CCCC(=Nc2ccccc2C(=O)O)C1C. The Morgan fingerprint density at radius 1 is 1.33 bits per heavy atom. The molecule has 2 rings (SSSR count). The van der Waals surface area contributed by atoms with Crippen LogP contribution in [0, 0.1) is 11.8 Å². The molecule has 0 spiro atoms. The Bertz CT molecular complexity index is 479. The van der Waals surface area contributed by atoms with E-state index in [1.165, 1.54) is 6.42 Å². The fraction of sp³-hybridized carbons (Fsp3) is 0.467. The first kappa shape index (κ1) is 12.8. The number of carboxylic acids is 1. The van der Waals surface area contributed by atoms with E-state index in [0.717, 1.165) is 18.6 Å². The normalized spacial score (nSPS) is 26.2. The zero-order valence-corrected chi connectivity index (χ0v) is 10.9. The molecule has 1 aliphatic carbocycles. The molecule has 1 fully saturated rings. The molecule has 2 unspecified atom stereocenters. The van der Waals surface area contributed by atoms with Crippen LogP contribution < -0.4 is 0 Å². The Balaban J connectivity index is 2.35. The van der Waals surface area contributed by atoms with Gasteiger partial charge in [-0.2, -0.15) is 0 Å². The molecule has 3 heteroatoms. The molecule has 0 aliphatic heterocycles. The maximum absolute atomic E-state index is 11.1. The summed E-state index contributed by atoms with van der Waals surface area (Å²) in [6.45, 7) is 4.43. The molecule has 1 aromatic rings. The molecule has 0 radical (unpaired) electrons. The fourth-order valence-corrected chi connectivity index (χ4v) is 2.48. The third-order valence-electron chi connectivity index (χ3n) is 3.87. The second-order valence-corrected chi connectivity index (χ2v) is 5.08. The van der Waals surface area contributed by atoms with Gasteiger partial charge in [-0.15, -0.1) is 0 Å². The molecule has 1 aromatic carbocycles. The van der Waals surface area contributed by atoms with E-state index >= 15 is 0 Å². The van der Waals surface area contributed by atoms with E-state index in [1.807, 2.05) is 6.07 Å². The lowest BCUT2D eigenvalue weighted by Gasteiger charge is -2.27. The number of aromatic carboxylic acids is 1. The third-order valence-corrected chi connectivity index (χ3v) is 3.87. The highest BCUT2D eigenvalue weighted by molar-refractivity contribution is 5.96. The summed E-state index contributed by atoms with van der Waals surface area (Å²) in [6, 6.07) is 6.96. The van der Waals surface area contributed by atoms with Crippen LogP contribution in [-0.4, -0.2) is 16.8 Å². The maximum Gasteiger partial charge on any atom is 0.337 e. The van der Waals surface area contributed by atoms with E-state index in [9.17, 15) is 4.79 Å². The zero-order chi connectivity index (χ0) is 13.1. The van der Waals surface area contributed by atoms with Crippen molar-refractivity contribution in [3.8, 4) is 0 Å². The van der Waals surface area contributed by atoms with Crippen LogP contribution in [0.3, 0.4) is 0 Å². The Morgan fingerprint density at radius 3 is 2.78 bits per heavy atom. The van der Waals surface area contributed by atoms with Gasteiger partial charge < -0.3 is 5.11 Å². The van der Waals surface area contributed by atoms with Crippen LogP contribution in [0.5, 0.6) is 0 Å². The molecule has 1 aliphatic rings. The predicted molar refractivity (Wildman–Crippen MR) is 72.7 cm³/mol. The summed E-state index contributed by atoms with van der Waals surface area (Å²) in [5.74, 6) is 0.168. The molecule has 0 saturated heterocycles. The summed E-state index contributed by atoms with van der Waals surface area (Å²) in [5.41, 5.74) is 2.01. The predicted octanol–water partition coefficient (Wildman–Crippen LogP) is 3.91. The standard InChI is InChI=1S/C15H19NO2/c1-10-6-5-9-13(11(10)2)16-14-8-4-3-7-12(14)15(17)18/h3-4,7-8,10-11H,5-6,9H2,1-2H3,(H,17,18). The number of para-hydroxylation sites is 1. The van der Waals surface area contributed by atoms with Crippen LogP contribution in [0.2, 0.25) is 0 Å². The van der Waals surface area contributed by atoms with Gasteiger partial charge in [-0.1, -0.05) is 26.0 Å². The summed E-state index contributed by atoms with van der Waals surface area (Å²) in [5, 5.41) is 9.14. The van der Waals surface area contributed by atoms with Crippen molar-refractivity contribution in [2.45, 2.75) is 33.1 Å². The number of rotatable bonds is 2. The van der Waals surface area contributed by atoms with Crippen molar-refractivity contribution in [1.82, 2.24) is 0 Å². The second-order valence-electron chi connectivity index (χ2n) is 5.08. The van der Waals surface area contributed by atoms with Gasteiger partial charge in [0.1, 0.15) is 0 Å². The van der Waals surface area contributed by atoms with Gasteiger partial charge in [0, 0.05) is 5.71 Å². The van der Waals surface area contributed by atoms with E-state index in [-0.39, 0.29) is 5.56 Å². The Kier molecular flexibility index (Phi) is 3.80. The average Bonchev–Trinajstić information content (AvgIpc) is 2.35. The summed E-state index contributed by atoms with van der Waals surface area (Å²) in [7, 11) is 0. The summed E-state index contributed by atoms with van der Waals surface area (Å²) in [6.07, 6.45) is 3.37. The first-order chi connectivity index (χ1) is 8.59. The lowest BCUT2D eigenvalue weighted by Crippen LogP contribution is -2.24. The van der Waals surface area contributed by atoms with Gasteiger partial charge in [0.15, 0.2) is 0 Å². The van der Waals surface area contributed by atoms with Crippen molar-refractivity contribution in [3.05, 3.63) is 29.8 Å². The second kappa shape index (κ2) is 5.34. The maximum atomic E-state index is 11.1. The van der Waals surface area contributed by atoms with Gasteiger partial charge in [0.2, 0.25) is 0 Å². The van der Waals surface area contributed by atoms with Gasteiger partial charge in [-0.25, -0.2) is 4.79 Å². The van der Waals surface area contributed by atoms with E-state index in [0.29, 0.717) is 17.5 Å². The zero-order valence-electron chi connectivity index (χ0n) is 10.9. The van der Waals surface area contributed by atoms with Gasteiger partial charge in [0.25, 0.3) is 0 Å². The van der Waals surface area contributed by atoms with Crippen molar-refractivity contribution >= 4 is 17.4 Å². The van der Waals surface area contributed by atoms with Crippen molar-refractivity contribution < 1.29 is 9.90 Å². The van der Waals surface area contributed by atoms with Crippen LogP contribution >= 0.6 is 0 Å². The quantitative estimate of drug-likeness (QED) is 0.858. The number of carboxylic acid groups (broad SMARTS) is 1. The van der Waals surface area contributed by atoms with Crippen LogP contribution in [0.15, 0.2) is 29.3 Å².